The largest absolute Gasteiger partial charge is 0.480 e. The van der Waals surface area contributed by atoms with Gasteiger partial charge in [0.25, 0.3) is 5.56 Å². The number of carboxylic acid groups (broad SMARTS) is 1. The van der Waals surface area contributed by atoms with Crippen molar-refractivity contribution < 1.29 is 28.6 Å². The lowest BCUT2D eigenvalue weighted by Crippen LogP contribution is -2.44. The maximum absolute atomic E-state index is 14.4. The van der Waals surface area contributed by atoms with E-state index in [1.54, 1.807) is 43.5 Å². The van der Waals surface area contributed by atoms with Gasteiger partial charge in [-0.15, -0.1) is 0 Å². The number of imidazole rings is 1. The number of benzene rings is 1. The summed E-state index contributed by atoms with van der Waals surface area (Å²) in [4.78, 5) is 34.7. The summed E-state index contributed by atoms with van der Waals surface area (Å²) in [6, 6.07) is 6.79. The number of carboxylic acids is 1. The molecule has 1 aromatic carbocycles. The number of H-pyrrole nitrogens is 1. The number of rotatable bonds is 13. The van der Waals surface area contributed by atoms with Gasteiger partial charge in [0, 0.05) is 17.7 Å². The van der Waals surface area contributed by atoms with Crippen LogP contribution in [0.25, 0.3) is 17.4 Å². The molecule has 14 heteroatoms. The first-order chi connectivity index (χ1) is 18.5. The molecule has 1 aliphatic rings. The van der Waals surface area contributed by atoms with Crippen LogP contribution in [0.2, 0.25) is 0 Å². The molecule has 1 aliphatic carbocycles. The molecule has 2 aromatic heterocycles. The van der Waals surface area contributed by atoms with Crippen molar-refractivity contribution in [1.29, 1.82) is 0 Å². The van der Waals surface area contributed by atoms with Crippen LogP contribution in [0.3, 0.4) is 0 Å². The third-order valence-electron chi connectivity index (χ3n) is 6.80. The molecule has 2 heterocycles. The predicted molar refractivity (Wildman–Crippen MR) is 145 cm³/mol. The number of hydrogen-bond acceptors (Lipinski definition) is 9. The molecule has 0 saturated heterocycles. The standard InChI is InChI=1S/C25H33N6O7P/c1-4-8-16(2)31(17(3)23(34)35)39(36,38-19-9-6-5-7-10-19)37-14-25(13-32)11-18(25)12-30-15-27-20-21(30)28-24(26)29-22(20)33/h5-7,9-10,12,15-17,32H,4,8,11,13-14H2,1-3H3,(H,34,35)(H3,26,28,29,33)/b18-12-/t16?,17-,25?,39-/m0/s1. The summed E-state index contributed by atoms with van der Waals surface area (Å²) in [5.74, 6) is -0.973. The number of nitrogens with one attached hydrogen (secondary N) is 1. The van der Waals surface area contributed by atoms with Crippen LogP contribution in [-0.2, 0) is 13.9 Å². The van der Waals surface area contributed by atoms with Crippen molar-refractivity contribution in [2.75, 3.05) is 18.9 Å². The van der Waals surface area contributed by atoms with E-state index in [1.165, 1.54) is 22.5 Å². The molecule has 3 aromatic rings. The van der Waals surface area contributed by atoms with E-state index in [0.29, 0.717) is 12.8 Å². The van der Waals surface area contributed by atoms with Gasteiger partial charge in [-0.25, -0.2) is 9.55 Å². The van der Waals surface area contributed by atoms with Gasteiger partial charge in [-0.3, -0.25) is 23.7 Å². The Morgan fingerprint density at radius 2 is 2.08 bits per heavy atom. The SMILES string of the molecule is CCCC(C)N([C@@H](C)C(=O)O)[P@](=O)(OCC1(CO)C/C1=C/n1cnc2c(=O)[nH]c(N)nc21)Oc1ccccc1. The average Bonchev–Trinajstić information content (AvgIpc) is 3.44. The number of nitrogens with two attached hydrogens (primary N) is 1. The summed E-state index contributed by atoms with van der Waals surface area (Å²) in [5.41, 5.74) is 5.39. The molecule has 0 bridgehead atoms. The summed E-state index contributed by atoms with van der Waals surface area (Å²) in [6.45, 7) is 4.63. The summed E-state index contributed by atoms with van der Waals surface area (Å²) in [7, 11) is -4.25. The smallest absolute Gasteiger partial charge is 0.462 e. The molecule has 0 radical (unpaired) electrons. The first kappa shape index (κ1) is 28.5. The Bertz CT molecular complexity index is 1470. The highest BCUT2D eigenvalue weighted by Crippen LogP contribution is 2.60. The highest BCUT2D eigenvalue weighted by Gasteiger charge is 2.53. The molecule has 13 nitrogen and oxygen atoms in total. The first-order valence-corrected chi connectivity index (χ1v) is 14.1. The van der Waals surface area contributed by atoms with Gasteiger partial charge in [0.05, 0.1) is 13.2 Å². The molecule has 0 spiro atoms. The number of aliphatic hydroxyl groups is 1. The van der Waals surface area contributed by atoms with E-state index in [4.69, 9.17) is 14.8 Å². The van der Waals surface area contributed by atoms with Crippen LogP contribution in [-0.4, -0.2) is 65.7 Å². The van der Waals surface area contributed by atoms with Gasteiger partial charge in [0.2, 0.25) is 5.95 Å². The molecular weight excluding hydrogens is 527 g/mol. The van der Waals surface area contributed by atoms with Crippen molar-refractivity contribution in [3.8, 4) is 5.75 Å². The van der Waals surface area contributed by atoms with Gasteiger partial charge in [-0.1, -0.05) is 31.5 Å². The average molecular weight is 561 g/mol. The monoisotopic (exact) mass is 560 g/mol. The number of aliphatic hydroxyl groups excluding tert-OH is 1. The Labute approximate surface area is 224 Å². The van der Waals surface area contributed by atoms with E-state index < -0.39 is 36.8 Å². The molecule has 5 N–H and O–H groups in total. The van der Waals surface area contributed by atoms with Crippen LogP contribution >= 0.6 is 7.75 Å². The van der Waals surface area contributed by atoms with Gasteiger partial charge in [0.1, 0.15) is 18.1 Å². The molecule has 4 rings (SSSR count). The van der Waals surface area contributed by atoms with Crippen LogP contribution in [0.15, 0.2) is 47.0 Å². The number of anilines is 1. The summed E-state index contributed by atoms with van der Waals surface area (Å²) >= 11 is 0. The second-order valence-electron chi connectivity index (χ2n) is 9.72. The Morgan fingerprint density at radius 3 is 2.72 bits per heavy atom. The lowest BCUT2D eigenvalue weighted by atomic mass is 10.1. The minimum atomic E-state index is -4.25. The number of nitrogens with zero attached hydrogens (tertiary/aromatic N) is 4. The quantitative estimate of drug-likeness (QED) is 0.225. The van der Waals surface area contributed by atoms with Crippen molar-refractivity contribution in [3.63, 3.8) is 0 Å². The molecule has 0 aliphatic heterocycles. The topological polar surface area (TPSA) is 186 Å². The zero-order valence-corrected chi connectivity index (χ0v) is 22.9. The van der Waals surface area contributed by atoms with Crippen molar-refractivity contribution in [2.24, 2.45) is 5.41 Å². The normalized spacial score (nSPS) is 21.1. The van der Waals surface area contributed by atoms with Crippen LogP contribution in [0.1, 0.15) is 40.0 Å². The molecule has 210 valence electrons. The zero-order valence-electron chi connectivity index (χ0n) is 22.0. The highest BCUT2D eigenvalue weighted by atomic mass is 31.2. The van der Waals surface area contributed by atoms with Gasteiger partial charge in [-0.2, -0.15) is 9.65 Å². The summed E-state index contributed by atoms with van der Waals surface area (Å²) in [5, 5.41) is 20.1. The van der Waals surface area contributed by atoms with E-state index >= 15 is 0 Å². The molecule has 0 amide bonds. The third kappa shape index (κ3) is 5.91. The fraction of sp³-hybridized carbons (Fsp3) is 0.440. The molecule has 1 fully saturated rings. The number of hydrogen-bond donors (Lipinski definition) is 4. The van der Waals surface area contributed by atoms with Crippen molar-refractivity contribution in [2.45, 2.75) is 52.1 Å². The van der Waals surface area contributed by atoms with Crippen LogP contribution in [0.4, 0.5) is 5.95 Å². The van der Waals surface area contributed by atoms with E-state index in [9.17, 15) is 24.4 Å². The summed E-state index contributed by atoms with van der Waals surface area (Å²) in [6.07, 6.45) is 4.76. The number of nitrogen functional groups attached to an aromatic ring is 1. The number of fused-ring (bicyclic) bond motifs is 1. The first-order valence-electron chi connectivity index (χ1n) is 12.6. The minimum Gasteiger partial charge on any atom is -0.480 e. The van der Waals surface area contributed by atoms with Crippen LogP contribution in [0, 0.1) is 5.41 Å². The predicted octanol–water partition coefficient (Wildman–Crippen LogP) is 3.09. The fourth-order valence-electron chi connectivity index (χ4n) is 4.51. The number of aromatic amines is 1. The van der Waals surface area contributed by atoms with Crippen LogP contribution in [0.5, 0.6) is 5.75 Å². The Morgan fingerprint density at radius 1 is 1.36 bits per heavy atom. The molecule has 4 atom stereocenters. The summed E-state index contributed by atoms with van der Waals surface area (Å²) < 4.78 is 29.2. The molecule has 1 saturated carbocycles. The highest BCUT2D eigenvalue weighted by molar-refractivity contribution is 7.51. The number of aliphatic carboxylic acids is 1. The second-order valence-corrected chi connectivity index (χ2v) is 11.6. The van der Waals surface area contributed by atoms with E-state index in [1.807, 2.05) is 6.92 Å². The number of para-hydroxylation sites is 1. The van der Waals surface area contributed by atoms with E-state index in [0.717, 1.165) is 12.0 Å². The minimum absolute atomic E-state index is 0.0620. The lowest BCUT2D eigenvalue weighted by Gasteiger charge is -2.37. The molecule has 2 unspecified atom stereocenters. The van der Waals surface area contributed by atoms with Crippen molar-refractivity contribution in [3.05, 3.63) is 52.6 Å². The van der Waals surface area contributed by atoms with Gasteiger partial charge in [-0.05, 0) is 44.4 Å². The number of aromatic nitrogens is 4. The van der Waals surface area contributed by atoms with Gasteiger partial charge >= 0.3 is 13.7 Å². The van der Waals surface area contributed by atoms with Crippen molar-refractivity contribution in [1.82, 2.24) is 24.2 Å². The van der Waals surface area contributed by atoms with Crippen molar-refractivity contribution >= 4 is 37.0 Å². The zero-order chi connectivity index (χ0) is 28.4. The lowest BCUT2D eigenvalue weighted by molar-refractivity contribution is -0.142. The van der Waals surface area contributed by atoms with Crippen LogP contribution < -0.4 is 15.8 Å². The Kier molecular flexibility index (Phi) is 8.26. The molecular formula is C25H33N6O7P. The number of carbonyl (C=O) groups is 1. The third-order valence-corrected chi connectivity index (χ3v) is 9.00. The van der Waals surface area contributed by atoms with E-state index in [-0.39, 0.29) is 36.1 Å². The maximum atomic E-state index is 14.4. The van der Waals surface area contributed by atoms with Gasteiger partial charge < -0.3 is 20.5 Å². The Balaban J connectivity index is 1.66. The fourth-order valence-corrected chi connectivity index (χ4v) is 6.71. The van der Waals surface area contributed by atoms with E-state index in [2.05, 4.69) is 15.0 Å². The second kappa shape index (κ2) is 11.3. The molecule has 39 heavy (non-hydrogen) atoms. The Hall–Kier alpha value is -3.51. The van der Waals surface area contributed by atoms with Gasteiger partial charge in [0.15, 0.2) is 11.2 Å². The maximum Gasteiger partial charge on any atom is 0.462 e.